The third kappa shape index (κ3) is 2.26. The average Bonchev–Trinajstić information content (AvgIpc) is 2.88. The van der Waals surface area contributed by atoms with Crippen molar-refractivity contribution in [2.24, 2.45) is 0 Å². The molecule has 0 aliphatic heterocycles. The maximum Gasteiger partial charge on any atom is 0.109 e. The zero-order valence-electron chi connectivity index (χ0n) is 11.6. The Morgan fingerprint density at radius 1 is 1.00 bits per heavy atom. The van der Waals surface area contributed by atoms with Crippen LogP contribution in [0.3, 0.4) is 0 Å². The van der Waals surface area contributed by atoms with Gasteiger partial charge >= 0.3 is 0 Å². The molecule has 0 fully saturated rings. The van der Waals surface area contributed by atoms with Crippen molar-refractivity contribution in [2.45, 2.75) is 26.7 Å². The van der Waals surface area contributed by atoms with E-state index < -0.39 is 0 Å². The van der Waals surface area contributed by atoms with Crippen molar-refractivity contribution in [3.63, 3.8) is 0 Å². The highest BCUT2D eigenvalue weighted by Crippen LogP contribution is 2.25. The van der Waals surface area contributed by atoms with Crippen molar-refractivity contribution in [1.82, 2.24) is 9.97 Å². The predicted molar refractivity (Wildman–Crippen MR) is 80.4 cm³/mol. The van der Waals surface area contributed by atoms with Crippen LogP contribution in [0.5, 0.6) is 0 Å². The molecule has 0 radical (unpaired) electrons. The minimum atomic E-state index is 0.428. The lowest BCUT2D eigenvalue weighted by Gasteiger charge is -2.03. The molecule has 2 nitrogen and oxygen atoms in total. The number of rotatable bonds is 2. The molecule has 0 saturated heterocycles. The lowest BCUT2D eigenvalue weighted by atomic mass is 10.0. The molecule has 0 unspecified atom stereocenters. The van der Waals surface area contributed by atoms with Crippen LogP contribution in [0, 0.1) is 6.92 Å². The third-order valence-corrected chi connectivity index (χ3v) is 3.45. The van der Waals surface area contributed by atoms with Crippen LogP contribution in [-0.2, 0) is 0 Å². The van der Waals surface area contributed by atoms with Crippen LogP contribution in [0.2, 0.25) is 0 Å². The zero-order valence-corrected chi connectivity index (χ0v) is 11.6. The molecule has 0 aliphatic carbocycles. The van der Waals surface area contributed by atoms with Gasteiger partial charge in [0.25, 0.3) is 0 Å². The summed E-state index contributed by atoms with van der Waals surface area (Å²) in [5.74, 6) is 1.47. The largest absolute Gasteiger partial charge is 0.342 e. The van der Waals surface area contributed by atoms with Crippen LogP contribution >= 0.6 is 0 Å². The quantitative estimate of drug-likeness (QED) is 0.704. The van der Waals surface area contributed by atoms with Crippen molar-refractivity contribution < 1.29 is 0 Å². The van der Waals surface area contributed by atoms with E-state index in [1.165, 1.54) is 21.9 Å². The van der Waals surface area contributed by atoms with Crippen LogP contribution in [0.15, 0.2) is 42.6 Å². The fourth-order valence-corrected chi connectivity index (χ4v) is 2.31. The Balaban J connectivity index is 2.07. The number of fused-ring (bicyclic) bond motifs is 1. The topological polar surface area (TPSA) is 28.7 Å². The second-order valence-corrected chi connectivity index (χ2v) is 5.40. The van der Waals surface area contributed by atoms with Crippen LogP contribution in [0.25, 0.3) is 22.0 Å². The highest BCUT2D eigenvalue weighted by molar-refractivity contribution is 5.87. The monoisotopic (exact) mass is 250 g/mol. The van der Waals surface area contributed by atoms with E-state index in [0.29, 0.717) is 5.92 Å². The highest BCUT2D eigenvalue weighted by Gasteiger charge is 2.06. The zero-order chi connectivity index (χ0) is 13.4. The molecular weight excluding hydrogens is 232 g/mol. The smallest absolute Gasteiger partial charge is 0.109 e. The Morgan fingerprint density at radius 3 is 2.47 bits per heavy atom. The number of hydrogen-bond acceptors (Lipinski definition) is 1. The van der Waals surface area contributed by atoms with Gasteiger partial charge in [-0.15, -0.1) is 0 Å². The van der Waals surface area contributed by atoms with E-state index in [-0.39, 0.29) is 0 Å². The Morgan fingerprint density at radius 2 is 1.74 bits per heavy atom. The van der Waals surface area contributed by atoms with Crippen LogP contribution < -0.4 is 0 Å². The maximum absolute atomic E-state index is 4.43. The molecule has 1 aromatic heterocycles. The van der Waals surface area contributed by atoms with Gasteiger partial charge in [0, 0.05) is 11.5 Å². The second-order valence-electron chi connectivity index (χ2n) is 5.40. The van der Waals surface area contributed by atoms with Gasteiger partial charge in [-0.05, 0) is 23.8 Å². The standard InChI is InChI=1S/C17H18N2/c1-11(2)17-18-10-16(19-17)15-7-6-13-8-12(3)4-5-14(13)9-15/h4-11H,1-3H3,(H,18,19). The van der Waals surface area contributed by atoms with E-state index in [2.05, 4.69) is 67.1 Å². The van der Waals surface area contributed by atoms with E-state index in [0.717, 1.165) is 11.5 Å². The summed E-state index contributed by atoms with van der Waals surface area (Å²) in [6, 6.07) is 13.1. The molecule has 0 aliphatic rings. The molecule has 2 heteroatoms. The van der Waals surface area contributed by atoms with Crippen molar-refractivity contribution >= 4 is 10.8 Å². The number of nitrogens with zero attached hydrogens (tertiary/aromatic N) is 1. The van der Waals surface area contributed by atoms with Gasteiger partial charge in [0.05, 0.1) is 11.9 Å². The summed E-state index contributed by atoms with van der Waals surface area (Å²) in [6.07, 6.45) is 1.92. The molecule has 0 spiro atoms. The molecule has 3 rings (SSSR count). The number of aryl methyl sites for hydroxylation is 1. The lowest BCUT2D eigenvalue weighted by Crippen LogP contribution is -1.89. The van der Waals surface area contributed by atoms with Crippen LogP contribution in [0.1, 0.15) is 31.2 Å². The first-order chi connectivity index (χ1) is 9.13. The predicted octanol–water partition coefficient (Wildman–Crippen LogP) is 4.66. The van der Waals surface area contributed by atoms with Gasteiger partial charge in [0.2, 0.25) is 0 Å². The minimum absolute atomic E-state index is 0.428. The number of aromatic amines is 1. The Bertz CT molecular complexity index is 723. The molecule has 0 bridgehead atoms. The molecule has 3 aromatic rings. The van der Waals surface area contributed by atoms with Crippen molar-refractivity contribution in [2.75, 3.05) is 0 Å². The van der Waals surface area contributed by atoms with E-state index in [1.807, 2.05) is 6.20 Å². The summed E-state index contributed by atoms with van der Waals surface area (Å²) < 4.78 is 0. The Kier molecular flexibility index (Phi) is 2.86. The summed E-state index contributed by atoms with van der Waals surface area (Å²) in [4.78, 5) is 7.82. The van der Waals surface area contributed by atoms with E-state index in [9.17, 15) is 0 Å². The molecule has 0 atom stereocenters. The normalized spacial score (nSPS) is 11.4. The van der Waals surface area contributed by atoms with E-state index in [1.54, 1.807) is 0 Å². The first-order valence-electron chi connectivity index (χ1n) is 6.69. The summed E-state index contributed by atoms with van der Waals surface area (Å²) in [5, 5.41) is 2.55. The van der Waals surface area contributed by atoms with Gasteiger partial charge in [-0.3, -0.25) is 0 Å². The summed E-state index contributed by atoms with van der Waals surface area (Å²) >= 11 is 0. The molecule has 19 heavy (non-hydrogen) atoms. The van der Waals surface area contributed by atoms with E-state index >= 15 is 0 Å². The number of hydrogen-bond donors (Lipinski definition) is 1. The lowest BCUT2D eigenvalue weighted by molar-refractivity contribution is 0.795. The van der Waals surface area contributed by atoms with Gasteiger partial charge in [-0.25, -0.2) is 4.98 Å². The van der Waals surface area contributed by atoms with Crippen LogP contribution in [0.4, 0.5) is 0 Å². The summed E-state index contributed by atoms with van der Waals surface area (Å²) in [5.41, 5.74) is 3.57. The molecule has 0 amide bonds. The molecule has 2 aromatic carbocycles. The third-order valence-electron chi connectivity index (χ3n) is 3.45. The van der Waals surface area contributed by atoms with Crippen molar-refractivity contribution in [3.05, 3.63) is 54.0 Å². The van der Waals surface area contributed by atoms with E-state index in [4.69, 9.17) is 0 Å². The second kappa shape index (κ2) is 4.54. The Hall–Kier alpha value is -2.09. The van der Waals surface area contributed by atoms with Crippen LogP contribution in [-0.4, -0.2) is 9.97 Å². The van der Waals surface area contributed by atoms with Gasteiger partial charge in [0.1, 0.15) is 5.82 Å². The fraction of sp³-hybridized carbons (Fsp3) is 0.235. The fourth-order valence-electron chi connectivity index (χ4n) is 2.31. The number of aromatic nitrogens is 2. The van der Waals surface area contributed by atoms with Crippen molar-refractivity contribution in [1.29, 1.82) is 0 Å². The van der Waals surface area contributed by atoms with Gasteiger partial charge < -0.3 is 4.98 Å². The number of benzene rings is 2. The SMILES string of the molecule is Cc1ccc2cc(-c3cnc(C(C)C)[nH]3)ccc2c1. The maximum atomic E-state index is 4.43. The minimum Gasteiger partial charge on any atom is -0.342 e. The number of nitrogens with one attached hydrogen (secondary N) is 1. The number of H-pyrrole nitrogens is 1. The molecule has 0 saturated carbocycles. The number of imidazole rings is 1. The highest BCUT2D eigenvalue weighted by atomic mass is 14.9. The summed E-state index contributed by atoms with van der Waals surface area (Å²) in [6.45, 7) is 6.41. The first-order valence-corrected chi connectivity index (χ1v) is 6.69. The van der Waals surface area contributed by atoms with Gasteiger partial charge in [-0.1, -0.05) is 49.7 Å². The molecule has 1 heterocycles. The first kappa shape index (κ1) is 12.0. The van der Waals surface area contributed by atoms with Gasteiger partial charge in [0.15, 0.2) is 0 Å². The van der Waals surface area contributed by atoms with Crippen molar-refractivity contribution in [3.8, 4) is 11.3 Å². The molecular formula is C17H18N2. The summed E-state index contributed by atoms with van der Waals surface area (Å²) in [7, 11) is 0. The Labute approximate surface area is 113 Å². The molecule has 96 valence electrons. The average molecular weight is 250 g/mol. The van der Waals surface area contributed by atoms with Gasteiger partial charge in [-0.2, -0.15) is 0 Å². The molecule has 1 N–H and O–H groups in total.